The van der Waals surface area contributed by atoms with Gasteiger partial charge in [-0.15, -0.1) is 11.3 Å². The summed E-state index contributed by atoms with van der Waals surface area (Å²) in [5, 5.41) is 3.43. The number of fused-ring (bicyclic) bond motifs is 1. The Morgan fingerprint density at radius 1 is 1.23 bits per heavy atom. The van der Waals surface area contributed by atoms with E-state index in [0.717, 1.165) is 5.92 Å². The normalized spacial score (nSPS) is 22.5. The van der Waals surface area contributed by atoms with Crippen LogP contribution < -0.4 is 5.32 Å². The Hall–Kier alpha value is -0.340. The van der Waals surface area contributed by atoms with E-state index in [1.54, 1.807) is 15.3 Å². The molecular weight excluding hydrogens is 178 g/mol. The molecule has 2 aliphatic rings. The summed E-state index contributed by atoms with van der Waals surface area (Å²) in [4.78, 5) is 3.34. The van der Waals surface area contributed by atoms with Crippen molar-refractivity contribution in [1.29, 1.82) is 0 Å². The molecule has 70 valence electrons. The summed E-state index contributed by atoms with van der Waals surface area (Å²) < 4.78 is 0. The maximum Gasteiger partial charge on any atom is 0.00837 e. The predicted octanol–water partition coefficient (Wildman–Crippen LogP) is 2.31. The summed E-state index contributed by atoms with van der Waals surface area (Å²) in [5.74, 6) is 0.872. The second-order valence-corrected chi connectivity index (χ2v) is 5.29. The van der Waals surface area contributed by atoms with Gasteiger partial charge in [0.1, 0.15) is 0 Å². The first-order chi connectivity index (χ1) is 6.43. The Morgan fingerprint density at radius 3 is 2.62 bits per heavy atom. The van der Waals surface area contributed by atoms with Gasteiger partial charge in [-0.05, 0) is 56.3 Å². The smallest absolute Gasteiger partial charge is 0.00837 e. The van der Waals surface area contributed by atoms with E-state index in [1.165, 1.54) is 38.8 Å². The number of thiophene rings is 1. The molecule has 2 heteroatoms. The number of hydrogen-bond donors (Lipinski definition) is 1. The van der Waals surface area contributed by atoms with E-state index in [4.69, 9.17) is 0 Å². The third kappa shape index (κ3) is 1.32. The van der Waals surface area contributed by atoms with Crippen molar-refractivity contribution in [2.75, 3.05) is 13.1 Å². The first kappa shape index (κ1) is 8.01. The quantitative estimate of drug-likeness (QED) is 0.721. The molecule has 0 aromatic carbocycles. The lowest BCUT2D eigenvalue weighted by Crippen LogP contribution is -2.26. The molecule has 1 aliphatic carbocycles. The van der Waals surface area contributed by atoms with Crippen LogP contribution in [0.4, 0.5) is 0 Å². The van der Waals surface area contributed by atoms with Crippen LogP contribution in [-0.4, -0.2) is 13.1 Å². The van der Waals surface area contributed by atoms with E-state index < -0.39 is 0 Å². The Kier molecular flexibility index (Phi) is 1.91. The van der Waals surface area contributed by atoms with Gasteiger partial charge in [0, 0.05) is 9.75 Å². The van der Waals surface area contributed by atoms with Crippen LogP contribution in [0.25, 0.3) is 0 Å². The van der Waals surface area contributed by atoms with Crippen molar-refractivity contribution in [2.24, 2.45) is 0 Å². The van der Waals surface area contributed by atoms with Crippen LogP contribution in [-0.2, 0) is 12.8 Å². The van der Waals surface area contributed by atoms with E-state index in [9.17, 15) is 0 Å². The molecule has 0 unspecified atom stereocenters. The van der Waals surface area contributed by atoms with Gasteiger partial charge < -0.3 is 5.32 Å². The van der Waals surface area contributed by atoms with Crippen molar-refractivity contribution in [3.63, 3.8) is 0 Å². The minimum Gasteiger partial charge on any atom is -0.317 e. The molecule has 2 heterocycles. The summed E-state index contributed by atoms with van der Waals surface area (Å²) in [7, 11) is 0. The van der Waals surface area contributed by atoms with Gasteiger partial charge in [-0.2, -0.15) is 0 Å². The van der Waals surface area contributed by atoms with E-state index >= 15 is 0 Å². The third-order valence-corrected chi connectivity index (χ3v) is 4.68. The molecule has 3 rings (SSSR count). The molecule has 1 aromatic heterocycles. The van der Waals surface area contributed by atoms with Crippen LogP contribution in [0, 0.1) is 0 Å². The highest BCUT2D eigenvalue weighted by molar-refractivity contribution is 7.12. The first-order valence-electron chi connectivity index (χ1n) is 5.25. The van der Waals surface area contributed by atoms with Gasteiger partial charge in [0.2, 0.25) is 0 Å². The molecule has 1 aliphatic heterocycles. The molecule has 0 spiro atoms. The molecule has 0 amide bonds. The van der Waals surface area contributed by atoms with Crippen molar-refractivity contribution in [2.45, 2.75) is 31.6 Å². The average molecular weight is 193 g/mol. The zero-order valence-electron chi connectivity index (χ0n) is 7.81. The summed E-state index contributed by atoms with van der Waals surface area (Å²) in [6.45, 7) is 2.43. The number of nitrogens with one attached hydrogen (secondary N) is 1. The van der Waals surface area contributed by atoms with Gasteiger partial charge >= 0.3 is 0 Å². The summed E-state index contributed by atoms with van der Waals surface area (Å²) in [6.07, 6.45) is 5.39. The zero-order chi connectivity index (χ0) is 8.67. The van der Waals surface area contributed by atoms with E-state index in [0.29, 0.717) is 0 Å². The maximum absolute atomic E-state index is 3.43. The maximum atomic E-state index is 3.43. The van der Waals surface area contributed by atoms with Crippen molar-refractivity contribution in [3.05, 3.63) is 21.4 Å². The van der Waals surface area contributed by atoms with E-state index in [1.807, 2.05) is 0 Å². The van der Waals surface area contributed by atoms with Crippen LogP contribution in [0.15, 0.2) is 6.07 Å². The minimum absolute atomic E-state index is 0.872. The lowest BCUT2D eigenvalue weighted by atomic mass is 9.93. The number of rotatable bonds is 1. The van der Waals surface area contributed by atoms with Crippen LogP contribution in [0.3, 0.4) is 0 Å². The van der Waals surface area contributed by atoms with Gasteiger partial charge in [0.25, 0.3) is 0 Å². The number of aryl methyl sites for hydroxylation is 2. The molecule has 13 heavy (non-hydrogen) atoms. The Labute approximate surface area is 83.2 Å². The van der Waals surface area contributed by atoms with Gasteiger partial charge in [-0.25, -0.2) is 0 Å². The van der Waals surface area contributed by atoms with Gasteiger partial charge in [0.15, 0.2) is 0 Å². The molecule has 0 saturated carbocycles. The SMILES string of the molecule is c1c(C2CCNCC2)sc2c1CC2. The fourth-order valence-electron chi connectivity index (χ4n) is 2.29. The summed E-state index contributed by atoms with van der Waals surface area (Å²) in [5.41, 5.74) is 1.65. The predicted molar refractivity (Wildman–Crippen MR) is 56.6 cm³/mol. The highest BCUT2D eigenvalue weighted by atomic mass is 32.1. The fraction of sp³-hybridized carbons (Fsp3) is 0.636. The molecule has 0 atom stereocenters. The first-order valence-corrected chi connectivity index (χ1v) is 6.07. The Bertz CT molecular complexity index is 288. The molecule has 1 aromatic rings. The zero-order valence-corrected chi connectivity index (χ0v) is 8.62. The number of piperidine rings is 1. The van der Waals surface area contributed by atoms with Crippen LogP contribution in [0.5, 0.6) is 0 Å². The molecule has 0 radical (unpaired) electrons. The monoisotopic (exact) mass is 193 g/mol. The van der Waals surface area contributed by atoms with E-state index in [-0.39, 0.29) is 0 Å². The van der Waals surface area contributed by atoms with Crippen LogP contribution in [0.1, 0.15) is 34.1 Å². The highest BCUT2D eigenvalue weighted by Crippen LogP contribution is 2.38. The lowest BCUT2D eigenvalue weighted by Gasteiger charge is -2.21. The molecule has 1 N–H and O–H groups in total. The van der Waals surface area contributed by atoms with Gasteiger partial charge in [-0.1, -0.05) is 0 Å². The summed E-state index contributed by atoms with van der Waals surface area (Å²) >= 11 is 2.08. The highest BCUT2D eigenvalue weighted by Gasteiger charge is 2.22. The summed E-state index contributed by atoms with van der Waals surface area (Å²) in [6, 6.07) is 2.47. The van der Waals surface area contributed by atoms with Crippen LogP contribution >= 0.6 is 11.3 Å². The average Bonchev–Trinajstić information content (AvgIpc) is 2.45. The Balaban J connectivity index is 1.82. The largest absolute Gasteiger partial charge is 0.317 e. The standard InChI is InChI=1S/C11H15NS/c1-2-10-9(1)7-11(13-10)8-3-5-12-6-4-8/h7-8,12H,1-6H2. The third-order valence-electron chi connectivity index (χ3n) is 3.28. The fourth-order valence-corrected chi connectivity index (χ4v) is 3.68. The van der Waals surface area contributed by atoms with Gasteiger partial charge in [-0.3, -0.25) is 0 Å². The second-order valence-electron chi connectivity index (χ2n) is 4.12. The minimum atomic E-state index is 0.872. The Morgan fingerprint density at radius 2 is 2.08 bits per heavy atom. The van der Waals surface area contributed by atoms with Crippen LogP contribution in [0.2, 0.25) is 0 Å². The topological polar surface area (TPSA) is 12.0 Å². The molecular formula is C11H15NS. The van der Waals surface area contributed by atoms with Crippen molar-refractivity contribution >= 4 is 11.3 Å². The molecule has 1 saturated heterocycles. The lowest BCUT2D eigenvalue weighted by molar-refractivity contribution is 0.465. The van der Waals surface area contributed by atoms with Crippen molar-refractivity contribution in [1.82, 2.24) is 5.32 Å². The molecule has 1 fully saturated rings. The van der Waals surface area contributed by atoms with Crippen molar-refractivity contribution in [3.8, 4) is 0 Å². The second kappa shape index (κ2) is 3.10. The van der Waals surface area contributed by atoms with Gasteiger partial charge in [0.05, 0.1) is 0 Å². The number of hydrogen-bond acceptors (Lipinski definition) is 2. The van der Waals surface area contributed by atoms with E-state index in [2.05, 4.69) is 22.7 Å². The molecule has 1 nitrogen and oxygen atoms in total. The van der Waals surface area contributed by atoms with Crippen molar-refractivity contribution < 1.29 is 0 Å². The molecule has 0 bridgehead atoms.